The van der Waals surface area contributed by atoms with Gasteiger partial charge >= 0.3 is 0 Å². The van der Waals surface area contributed by atoms with Gasteiger partial charge in [-0.2, -0.15) is 11.3 Å². The molecular weight excluding hydrogens is 348 g/mol. The van der Waals surface area contributed by atoms with Crippen molar-refractivity contribution in [1.29, 1.82) is 0 Å². The number of thiophene rings is 1. The van der Waals surface area contributed by atoms with E-state index < -0.39 is 0 Å². The fourth-order valence-electron chi connectivity index (χ4n) is 2.16. The Balaban J connectivity index is 1.60. The summed E-state index contributed by atoms with van der Waals surface area (Å²) in [5, 5.41) is 7.11. The lowest BCUT2D eigenvalue weighted by molar-refractivity contribution is -0.116. The molecule has 0 bridgehead atoms. The Kier molecular flexibility index (Phi) is 5.64. The highest BCUT2D eigenvalue weighted by Gasteiger charge is 2.23. The van der Waals surface area contributed by atoms with Gasteiger partial charge in [0.05, 0.1) is 5.69 Å². The first-order valence-corrected chi connectivity index (χ1v) is 10.1. The number of anilines is 1. The Hall–Kier alpha value is -1.44. The number of carbonyl (C=O) groups excluding carboxylic acids is 2. The van der Waals surface area contributed by atoms with E-state index in [1.165, 1.54) is 17.3 Å². The second-order valence-electron chi connectivity index (χ2n) is 5.00. The number of rotatable bonds is 6. The third-order valence-corrected chi connectivity index (χ3v) is 6.08. The molecule has 2 amide bonds. The largest absolute Gasteiger partial charge is 0.324 e. The van der Waals surface area contributed by atoms with Gasteiger partial charge in [-0.3, -0.25) is 9.59 Å². The maximum absolute atomic E-state index is 12.2. The fraction of sp³-hybridized carbons (Fsp3) is 0.250. The highest BCUT2D eigenvalue weighted by Crippen LogP contribution is 2.30. The summed E-state index contributed by atoms with van der Waals surface area (Å²) in [5.74, 6) is 1.49. The van der Waals surface area contributed by atoms with E-state index in [0.29, 0.717) is 6.54 Å². The SMILES string of the molecule is O=C(CN1CCSC1=O)Nc1ccccc1SCc1ccsc1. The average Bonchev–Trinajstić information content (AvgIpc) is 3.19. The van der Waals surface area contributed by atoms with Gasteiger partial charge in [0.2, 0.25) is 5.91 Å². The van der Waals surface area contributed by atoms with Gasteiger partial charge in [0.1, 0.15) is 6.54 Å². The van der Waals surface area contributed by atoms with Crippen molar-refractivity contribution in [3.05, 3.63) is 46.7 Å². The van der Waals surface area contributed by atoms with Crippen LogP contribution in [0.25, 0.3) is 0 Å². The molecule has 0 saturated carbocycles. The molecule has 1 saturated heterocycles. The zero-order valence-corrected chi connectivity index (χ0v) is 14.8. The van der Waals surface area contributed by atoms with Crippen molar-refractivity contribution in [3.8, 4) is 0 Å². The quantitative estimate of drug-likeness (QED) is 0.783. The lowest BCUT2D eigenvalue weighted by Crippen LogP contribution is -2.33. The van der Waals surface area contributed by atoms with E-state index in [9.17, 15) is 9.59 Å². The lowest BCUT2D eigenvalue weighted by Gasteiger charge is -2.15. The number of para-hydroxylation sites is 1. The summed E-state index contributed by atoms with van der Waals surface area (Å²) in [4.78, 5) is 26.4. The van der Waals surface area contributed by atoms with E-state index in [1.54, 1.807) is 28.0 Å². The van der Waals surface area contributed by atoms with Crippen molar-refractivity contribution in [2.75, 3.05) is 24.2 Å². The van der Waals surface area contributed by atoms with Crippen LogP contribution in [0.4, 0.5) is 10.5 Å². The monoisotopic (exact) mass is 364 g/mol. The van der Waals surface area contributed by atoms with Crippen LogP contribution in [0.5, 0.6) is 0 Å². The third kappa shape index (κ3) is 4.53. The van der Waals surface area contributed by atoms with Gasteiger partial charge < -0.3 is 10.2 Å². The maximum atomic E-state index is 12.2. The molecule has 3 rings (SSSR count). The van der Waals surface area contributed by atoms with Crippen LogP contribution in [-0.2, 0) is 10.5 Å². The van der Waals surface area contributed by atoms with Crippen molar-refractivity contribution in [2.45, 2.75) is 10.6 Å². The minimum absolute atomic E-state index is 0.0136. The molecule has 23 heavy (non-hydrogen) atoms. The number of nitrogens with zero attached hydrogens (tertiary/aromatic N) is 1. The van der Waals surface area contributed by atoms with Crippen LogP contribution >= 0.6 is 34.9 Å². The van der Waals surface area contributed by atoms with Crippen molar-refractivity contribution in [3.63, 3.8) is 0 Å². The second-order valence-corrected chi connectivity index (χ2v) is 7.84. The number of thioether (sulfide) groups is 2. The number of hydrogen-bond donors (Lipinski definition) is 1. The molecule has 1 aliphatic heterocycles. The van der Waals surface area contributed by atoms with Gasteiger partial charge in [-0.1, -0.05) is 23.9 Å². The third-order valence-electron chi connectivity index (χ3n) is 3.31. The normalized spacial score (nSPS) is 14.3. The molecule has 7 heteroatoms. The lowest BCUT2D eigenvalue weighted by atomic mass is 10.3. The number of hydrogen-bond acceptors (Lipinski definition) is 5. The highest BCUT2D eigenvalue weighted by molar-refractivity contribution is 8.13. The summed E-state index contributed by atoms with van der Waals surface area (Å²) < 4.78 is 0. The molecule has 0 radical (unpaired) electrons. The van der Waals surface area contributed by atoms with Crippen molar-refractivity contribution >= 4 is 51.7 Å². The standard InChI is InChI=1S/C16H16N2O2S3/c19-15(9-18-6-8-22-16(18)20)17-13-3-1-2-4-14(13)23-11-12-5-7-21-10-12/h1-5,7,10H,6,8-9,11H2,(H,17,19). The minimum atomic E-state index is -0.149. The molecule has 2 heterocycles. The summed E-state index contributed by atoms with van der Waals surface area (Å²) in [7, 11) is 0. The minimum Gasteiger partial charge on any atom is -0.324 e. The van der Waals surface area contributed by atoms with E-state index in [-0.39, 0.29) is 17.7 Å². The first-order valence-electron chi connectivity index (χ1n) is 7.17. The van der Waals surface area contributed by atoms with E-state index in [4.69, 9.17) is 0 Å². The highest BCUT2D eigenvalue weighted by atomic mass is 32.2. The van der Waals surface area contributed by atoms with Crippen LogP contribution < -0.4 is 5.32 Å². The number of carbonyl (C=O) groups is 2. The first-order chi connectivity index (χ1) is 11.2. The molecule has 2 aromatic rings. The maximum Gasteiger partial charge on any atom is 0.282 e. The van der Waals surface area contributed by atoms with Gasteiger partial charge in [-0.25, -0.2) is 0 Å². The first kappa shape index (κ1) is 16.4. The number of amides is 2. The second kappa shape index (κ2) is 7.90. The molecule has 1 aliphatic rings. The summed E-state index contributed by atoms with van der Waals surface area (Å²) >= 11 is 4.65. The molecule has 0 spiro atoms. The topological polar surface area (TPSA) is 49.4 Å². The summed E-state index contributed by atoms with van der Waals surface area (Å²) in [6.07, 6.45) is 0. The number of benzene rings is 1. The Bertz CT molecular complexity index is 688. The Morgan fingerprint density at radius 2 is 2.17 bits per heavy atom. The number of nitrogens with one attached hydrogen (secondary N) is 1. The summed E-state index contributed by atoms with van der Waals surface area (Å²) in [6.45, 7) is 0.765. The molecular formula is C16H16N2O2S3. The van der Waals surface area contributed by atoms with Crippen molar-refractivity contribution in [1.82, 2.24) is 4.90 Å². The fourth-order valence-corrected chi connectivity index (χ4v) is 4.71. The van der Waals surface area contributed by atoms with Gasteiger partial charge in [0.15, 0.2) is 0 Å². The average molecular weight is 365 g/mol. The van der Waals surface area contributed by atoms with Gasteiger partial charge in [-0.05, 0) is 34.5 Å². The Morgan fingerprint density at radius 3 is 2.91 bits per heavy atom. The molecule has 0 atom stereocenters. The molecule has 0 aliphatic carbocycles. The summed E-state index contributed by atoms with van der Waals surface area (Å²) in [6, 6.07) is 9.88. The van der Waals surface area contributed by atoms with Gasteiger partial charge in [0, 0.05) is 22.9 Å². The molecule has 1 aromatic heterocycles. The predicted molar refractivity (Wildman–Crippen MR) is 98.4 cm³/mol. The zero-order valence-electron chi connectivity index (χ0n) is 12.4. The van der Waals surface area contributed by atoms with Crippen LogP contribution in [0.3, 0.4) is 0 Å². The van der Waals surface area contributed by atoms with Crippen LogP contribution in [0.1, 0.15) is 5.56 Å². The van der Waals surface area contributed by atoms with Crippen LogP contribution in [0.2, 0.25) is 0 Å². The molecule has 4 nitrogen and oxygen atoms in total. The molecule has 1 N–H and O–H groups in total. The van der Waals surface area contributed by atoms with Crippen molar-refractivity contribution in [2.24, 2.45) is 0 Å². The molecule has 0 unspecified atom stereocenters. The van der Waals surface area contributed by atoms with Crippen LogP contribution in [0, 0.1) is 0 Å². The van der Waals surface area contributed by atoms with E-state index in [1.807, 2.05) is 24.3 Å². The molecule has 120 valence electrons. The molecule has 1 fully saturated rings. The van der Waals surface area contributed by atoms with E-state index in [0.717, 1.165) is 22.1 Å². The van der Waals surface area contributed by atoms with Crippen LogP contribution in [-0.4, -0.2) is 34.9 Å². The van der Waals surface area contributed by atoms with E-state index in [2.05, 4.69) is 22.1 Å². The molecule has 1 aromatic carbocycles. The zero-order chi connectivity index (χ0) is 16.1. The van der Waals surface area contributed by atoms with Crippen LogP contribution in [0.15, 0.2) is 46.0 Å². The van der Waals surface area contributed by atoms with E-state index >= 15 is 0 Å². The Morgan fingerprint density at radius 1 is 1.30 bits per heavy atom. The van der Waals surface area contributed by atoms with Crippen molar-refractivity contribution < 1.29 is 9.59 Å². The van der Waals surface area contributed by atoms with Gasteiger partial charge in [-0.15, -0.1) is 11.8 Å². The van der Waals surface area contributed by atoms with Gasteiger partial charge in [0.25, 0.3) is 5.24 Å². The smallest absolute Gasteiger partial charge is 0.282 e. The summed E-state index contributed by atoms with van der Waals surface area (Å²) in [5.41, 5.74) is 2.08. The Labute approximate surface area is 147 Å². The predicted octanol–water partition coefficient (Wildman–Crippen LogP) is 4.15.